The molecule has 0 radical (unpaired) electrons. The molecule has 1 N–H and O–H groups in total. The molecule has 1 amide bonds. The molecular weight excluding hydrogens is 190 g/mol. The summed E-state index contributed by atoms with van der Waals surface area (Å²) < 4.78 is 22.3. The highest BCUT2D eigenvalue weighted by Gasteiger charge is 2.07. The third-order valence-corrected chi connectivity index (χ3v) is 3.46. The lowest BCUT2D eigenvalue weighted by Crippen LogP contribution is -2.23. The van der Waals surface area contributed by atoms with E-state index in [0.717, 1.165) is 0 Å². The van der Waals surface area contributed by atoms with Crippen molar-refractivity contribution in [2.24, 2.45) is 0 Å². The maximum Gasteiger partial charge on any atom is 0.216 e. The van der Waals surface area contributed by atoms with Crippen LogP contribution in [0.1, 0.15) is 26.7 Å². The third-order valence-electron chi connectivity index (χ3n) is 1.52. The number of carbonyl (C=O) groups is 1. The van der Waals surface area contributed by atoms with E-state index >= 15 is 0 Å². The summed E-state index contributed by atoms with van der Waals surface area (Å²) in [5, 5.41) is 2.56. The van der Waals surface area contributed by atoms with Crippen molar-refractivity contribution in [3.05, 3.63) is 0 Å². The second kappa shape index (κ2) is 5.96. The van der Waals surface area contributed by atoms with Gasteiger partial charge in [0.15, 0.2) is 0 Å². The first-order valence-corrected chi connectivity index (χ1v) is 6.25. The zero-order valence-corrected chi connectivity index (χ0v) is 8.99. The second-order valence-corrected chi connectivity index (χ2v) is 5.29. The predicted molar refractivity (Wildman–Crippen MR) is 52.2 cm³/mol. The molecule has 0 aromatic rings. The molecule has 0 unspecified atom stereocenters. The molecule has 0 saturated heterocycles. The van der Waals surface area contributed by atoms with Gasteiger partial charge in [0.1, 0.15) is 9.84 Å². The Morgan fingerprint density at radius 1 is 1.31 bits per heavy atom. The minimum Gasteiger partial charge on any atom is -0.356 e. The molecule has 0 spiro atoms. The van der Waals surface area contributed by atoms with Gasteiger partial charge >= 0.3 is 0 Å². The Balaban J connectivity index is 3.58. The predicted octanol–water partition coefficient (Wildman–Crippen LogP) is 0.337. The van der Waals surface area contributed by atoms with Crippen molar-refractivity contribution in [3.8, 4) is 0 Å². The Morgan fingerprint density at radius 2 is 1.92 bits per heavy atom. The summed E-state index contributed by atoms with van der Waals surface area (Å²) in [6, 6.07) is 0. The maximum atomic E-state index is 11.2. The van der Waals surface area contributed by atoms with Crippen molar-refractivity contribution in [3.63, 3.8) is 0 Å². The molecule has 0 aliphatic rings. The number of rotatable bonds is 6. The third kappa shape index (κ3) is 7.77. The number of hydrogen-bond acceptors (Lipinski definition) is 3. The maximum absolute atomic E-state index is 11.2. The van der Waals surface area contributed by atoms with Gasteiger partial charge in [-0.15, -0.1) is 0 Å². The van der Waals surface area contributed by atoms with E-state index in [1.165, 1.54) is 6.92 Å². The quantitative estimate of drug-likeness (QED) is 0.639. The fourth-order valence-electron chi connectivity index (χ4n) is 0.970. The van der Waals surface area contributed by atoms with E-state index < -0.39 is 9.84 Å². The van der Waals surface area contributed by atoms with Crippen LogP contribution in [0.5, 0.6) is 0 Å². The van der Waals surface area contributed by atoms with Gasteiger partial charge in [-0.25, -0.2) is 8.42 Å². The zero-order chi connectivity index (χ0) is 10.3. The van der Waals surface area contributed by atoms with Gasteiger partial charge in [0.2, 0.25) is 5.91 Å². The Hall–Kier alpha value is -0.580. The van der Waals surface area contributed by atoms with Crippen molar-refractivity contribution in [1.82, 2.24) is 5.32 Å². The smallest absolute Gasteiger partial charge is 0.216 e. The molecule has 78 valence electrons. The minimum atomic E-state index is -2.88. The molecule has 13 heavy (non-hydrogen) atoms. The van der Waals surface area contributed by atoms with Crippen molar-refractivity contribution in [2.75, 3.05) is 18.1 Å². The average Bonchev–Trinajstić information content (AvgIpc) is 1.98. The minimum absolute atomic E-state index is 0.118. The molecule has 0 rings (SSSR count). The highest BCUT2D eigenvalue weighted by atomic mass is 32.2. The average molecular weight is 207 g/mol. The largest absolute Gasteiger partial charge is 0.356 e. The summed E-state index contributed by atoms with van der Waals surface area (Å²) >= 11 is 0. The van der Waals surface area contributed by atoms with Gasteiger partial charge in [0, 0.05) is 19.2 Å². The van der Waals surface area contributed by atoms with Gasteiger partial charge in [-0.05, 0) is 12.8 Å². The first-order valence-electron chi connectivity index (χ1n) is 4.43. The molecule has 0 heterocycles. The van der Waals surface area contributed by atoms with Gasteiger partial charge < -0.3 is 5.32 Å². The van der Waals surface area contributed by atoms with E-state index in [1.54, 1.807) is 0 Å². The van der Waals surface area contributed by atoms with Crippen LogP contribution in [0.4, 0.5) is 0 Å². The number of amides is 1. The monoisotopic (exact) mass is 207 g/mol. The molecule has 0 bridgehead atoms. The Bertz CT molecular complexity index is 246. The van der Waals surface area contributed by atoms with Crippen LogP contribution in [0.15, 0.2) is 0 Å². The first kappa shape index (κ1) is 12.4. The Morgan fingerprint density at radius 3 is 2.38 bits per heavy atom. The highest BCUT2D eigenvalue weighted by Crippen LogP contribution is 1.95. The molecule has 5 heteroatoms. The molecule has 0 aromatic heterocycles. The zero-order valence-electron chi connectivity index (χ0n) is 8.17. The SMILES string of the molecule is CCCS(=O)(=O)CCCNC(C)=O. The van der Waals surface area contributed by atoms with E-state index in [0.29, 0.717) is 19.4 Å². The van der Waals surface area contributed by atoms with Crippen LogP contribution in [0.2, 0.25) is 0 Å². The summed E-state index contributed by atoms with van der Waals surface area (Å²) in [7, 11) is -2.88. The van der Waals surface area contributed by atoms with Crippen LogP contribution >= 0.6 is 0 Å². The summed E-state index contributed by atoms with van der Waals surface area (Å²) in [4.78, 5) is 10.4. The number of hydrogen-bond donors (Lipinski definition) is 1. The molecule has 0 aromatic carbocycles. The van der Waals surface area contributed by atoms with Crippen molar-refractivity contribution < 1.29 is 13.2 Å². The van der Waals surface area contributed by atoms with E-state index in [2.05, 4.69) is 5.32 Å². The molecule has 4 nitrogen and oxygen atoms in total. The lowest BCUT2D eigenvalue weighted by molar-refractivity contribution is -0.118. The van der Waals surface area contributed by atoms with E-state index in [4.69, 9.17) is 0 Å². The lowest BCUT2D eigenvalue weighted by atomic mass is 10.5. The second-order valence-electron chi connectivity index (χ2n) is 2.99. The lowest BCUT2D eigenvalue weighted by Gasteiger charge is -2.02. The molecule has 0 atom stereocenters. The standard InChI is InChI=1S/C8H17NO3S/c1-3-6-13(11,12)7-4-5-9-8(2)10/h3-7H2,1-2H3,(H,9,10). The van der Waals surface area contributed by atoms with E-state index in [1.807, 2.05) is 6.92 Å². The summed E-state index contributed by atoms with van der Waals surface area (Å²) in [6.07, 6.45) is 1.16. The van der Waals surface area contributed by atoms with Crippen molar-refractivity contribution in [2.45, 2.75) is 26.7 Å². The van der Waals surface area contributed by atoms with Crippen LogP contribution in [0.25, 0.3) is 0 Å². The van der Waals surface area contributed by atoms with Gasteiger partial charge in [-0.1, -0.05) is 6.92 Å². The fraction of sp³-hybridized carbons (Fsp3) is 0.875. The van der Waals surface area contributed by atoms with Crippen molar-refractivity contribution in [1.29, 1.82) is 0 Å². The van der Waals surface area contributed by atoms with Crippen LogP contribution in [-0.4, -0.2) is 32.4 Å². The van der Waals surface area contributed by atoms with Gasteiger partial charge in [-0.3, -0.25) is 4.79 Å². The van der Waals surface area contributed by atoms with Gasteiger partial charge in [-0.2, -0.15) is 0 Å². The summed E-state index contributed by atoms with van der Waals surface area (Å²) in [5.41, 5.74) is 0. The summed E-state index contributed by atoms with van der Waals surface area (Å²) in [6.45, 7) is 3.70. The van der Waals surface area contributed by atoms with E-state index in [-0.39, 0.29) is 17.4 Å². The van der Waals surface area contributed by atoms with Crippen LogP contribution < -0.4 is 5.32 Å². The number of nitrogens with one attached hydrogen (secondary N) is 1. The molecule has 0 fully saturated rings. The Labute approximate surface area is 79.6 Å². The Kier molecular flexibility index (Phi) is 5.70. The molecule has 0 aliphatic carbocycles. The fourth-order valence-corrected chi connectivity index (χ4v) is 2.38. The van der Waals surface area contributed by atoms with Crippen LogP contribution in [-0.2, 0) is 14.6 Å². The van der Waals surface area contributed by atoms with E-state index in [9.17, 15) is 13.2 Å². The van der Waals surface area contributed by atoms with Gasteiger partial charge in [0.25, 0.3) is 0 Å². The molecular formula is C8H17NO3S. The molecule has 0 saturated carbocycles. The van der Waals surface area contributed by atoms with Gasteiger partial charge in [0.05, 0.1) is 5.75 Å². The highest BCUT2D eigenvalue weighted by molar-refractivity contribution is 7.91. The molecule has 0 aliphatic heterocycles. The normalized spacial score (nSPS) is 11.2. The number of carbonyl (C=O) groups excluding carboxylic acids is 1. The summed E-state index contributed by atoms with van der Waals surface area (Å²) in [5.74, 6) is 0.293. The van der Waals surface area contributed by atoms with Crippen LogP contribution in [0.3, 0.4) is 0 Å². The van der Waals surface area contributed by atoms with Crippen LogP contribution in [0, 0.1) is 0 Å². The first-order chi connectivity index (χ1) is 5.98. The number of sulfone groups is 1. The van der Waals surface area contributed by atoms with Crippen molar-refractivity contribution >= 4 is 15.7 Å². The topological polar surface area (TPSA) is 63.2 Å².